The molecule has 3 heterocycles. The van der Waals surface area contributed by atoms with Crippen molar-refractivity contribution in [1.29, 1.82) is 0 Å². The van der Waals surface area contributed by atoms with Crippen molar-refractivity contribution in [2.24, 2.45) is 0 Å². The molecular formula is C24H18FN5O4S. The van der Waals surface area contributed by atoms with Crippen molar-refractivity contribution in [2.45, 2.75) is 19.0 Å². The monoisotopic (exact) mass is 491 g/mol. The molecule has 11 heteroatoms. The molecule has 0 aliphatic rings. The van der Waals surface area contributed by atoms with Gasteiger partial charge >= 0.3 is 0 Å². The molecule has 0 saturated carbocycles. The number of H-pyrrole nitrogens is 1. The Balaban J connectivity index is 1.50. The van der Waals surface area contributed by atoms with E-state index in [1.807, 2.05) is 0 Å². The fraction of sp³-hybridized carbons (Fsp3) is 0.125. The van der Waals surface area contributed by atoms with E-state index in [-0.39, 0.29) is 27.9 Å². The van der Waals surface area contributed by atoms with E-state index in [2.05, 4.69) is 20.5 Å². The molecule has 0 unspecified atom stereocenters. The summed E-state index contributed by atoms with van der Waals surface area (Å²) in [6.45, 7) is 3.39. The Bertz CT molecular complexity index is 1740. The van der Waals surface area contributed by atoms with Crippen LogP contribution in [0, 0.1) is 19.7 Å². The quantitative estimate of drug-likeness (QED) is 0.284. The summed E-state index contributed by atoms with van der Waals surface area (Å²) >= 11 is 0.960. The number of fused-ring (bicyclic) bond motifs is 2. The number of nitrogens with one attached hydrogen (secondary N) is 2. The molecule has 0 radical (unpaired) electrons. The highest BCUT2D eigenvalue weighted by Crippen LogP contribution is 2.29. The molecule has 0 atom stereocenters. The molecule has 5 aromatic rings. The second kappa shape index (κ2) is 8.84. The lowest BCUT2D eigenvalue weighted by molar-refractivity contribution is -0.113. The van der Waals surface area contributed by atoms with Gasteiger partial charge in [-0.25, -0.2) is 14.5 Å². The number of nitrogens with zero attached hydrogens (tertiary/aromatic N) is 3. The molecule has 176 valence electrons. The minimum Gasteiger partial charge on any atom is -0.444 e. The summed E-state index contributed by atoms with van der Waals surface area (Å²) < 4.78 is 21.4. The van der Waals surface area contributed by atoms with E-state index in [1.54, 1.807) is 44.2 Å². The Kier molecular flexibility index (Phi) is 5.69. The molecule has 0 aliphatic carbocycles. The van der Waals surface area contributed by atoms with Crippen LogP contribution in [0.1, 0.15) is 11.5 Å². The topological polar surface area (TPSA) is 123 Å². The zero-order chi connectivity index (χ0) is 24.7. The zero-order valence-electron chi connectivity index (χ0n) is 18.6. The van der Waals surface area contributed by atoms with Gasteiger partial charge in [0.1, 0.15) is 17.0 Å². The van der Waals surface area contributed by atoms with Gasteiger partial charge in [0, 0.05) is 0 Å². The number of benzene rings is 2. The summed E-state index contributed by atoms with van der Waals surface area (Å²) in [4.78, 5) is 42.8. The van der Waals surface area contributed by atoms with Gasteiger partial charge in [0.05, 0.1) is 33.4 Å². The number of aromatic amines is 1. The van der Waals surface area contributed by atoms with Crippen LogP contribution in [0.3, 0.4) is 0 Å². The standard InChI is InChI=1S/C24H18FN5O4S/c1-12-19-13(2)34-22(20(19)21(32)29-28-12)27-18(31)11-35-24-26-16-9-5-3-7-14(16)23(33)30(24)17-10-6-4-8-15(17)25/h3-10H,11H2,1-2H3,(H,27,31)(H,29,32). The van der Waals surface area contributed by atoms with Gasteiger partial charge < -0.3 is 4.42 Å². The van der Waals surface area contributed by atoms with Gasteiger partial charge in [-0.3, -0.25) is 24.3 Å². The lowest BCUT2D eigenvalue weighted by Gasteiger charge is -2.13. The van der Waals surface area contributed by atoms with E-state index in [0.717, 1.165) is 16.3 Å². The molecule has 5 rings (SSSR count). The van der Waals surface area contributed by atoms with Gasteiger partial charge in [0.25, 0.3) is 11.1 Å². The minimum absolute atomic E-state index is 0.00724. The molecule has 0 fully saturated rings. The number of carbonyl (C=O) groups excluding carboxylic acids is 1. The molecule has 2 aromatic carbocycles. The Morgan fingerprint density at radius 1 is 1.11 bits per heavy atom. The van der Waals surface area contributed by atoms with Crippen LogP contribution in [0.15, 0.2) is 67.7 Å². The molecule has 0 saturated heterocycles. The number of anilines is 1. The maximum absolute atomic E-state index is 14.6. The van der Waals surface area contributed by atoms with Crippen molar-refractivity contribution in [1.82, 2.24) is 19.7 Å². The second-order valence-corrected chi connectivity index (χ2v) is 8.66. The third-order valence-corrected chi connectivity index (χ3v) is 6.36. The van der Waals surface area contributed by atoms with E-state index in [1.165, 1.54) is 18.2 Å². The normalized spacial score (nSPS) is 11.3. The Labute approximate surface area is 201 Å². The van der Waals surface area contributed by atoms with Gasteiger partial charge in [-0.1, -0.05) is 36.0 Å². The largest absolute Gasteiger partial charge is 0.444 e. The molecule has 0 spiro atoms. The number of amides is 1. The van der Waals surface area contributed by atoms with Gasteiger partial charge in [-0.2, -0.15) is 5.10 Å². The second-order valence-electron chi connectivity index (χ2n) is 7.72. The van der Waals surface area contributed by atoms with E-state index < -0.39 is 22.8 Å². The average Bonchev–Trinajstić information content (AvgIpc) is 3.17. The van der Waals surface area contributed by atoms with Crippen LogP contribution in [0.5, 0.6) is 0 Å². The third-order valence-electron chi connectivity index (χ3n) is 5.42. The van der Waals surface area contributed by atoms with Crippen LogP contribution in [0.2, 0.25) is 0 Å². The number of halogens is 1. The van der Waals surface area contributed by atoms with Crippen LogP contribution in [-0.2, 0) is 4.79 Å². The van der Waals surface area contributed by atoms with Crippen LogP contribution in [0.25, 0.3) is 27.4 Å². The Morgan fingerprint density at radius 2 is 1.86 bits per heavy atom. The van der Waals surface area contributed by atoms with Crippen molar-refractivity contribution in [2.75, 3.05) is 11.1 Å². The van der Waals surface area contributed by atoms with E-state index in [4.69, 9.17) is 4.42 Å². The fourth-order valence-corrected chi connectivity index (χ4v) is 4.68. The summed E-state index contributed by atoms with van der Waals surface area (Å²) in [5.74, 6) is -0.820. The summed E-state index contributed by atoms with van der Waals surface area (Å²) in [5.41, 5.74) is 0.0711. The van der Waals surface area contributed by atoms with Crippen LogP contribution in [0.4, 0.5) is 10.3 Å². The van der Waals surface area contributed by atoms with Crippen molar-refractivity contribution in [3.05, 3.63) is 86.5 Å². The summed E-state index contributed by atoms with van der Waals surface area (Å²) in [6.07, 6.45) is 0. The first kappa shape index (κ1) is 22.5. The summed E-state index contributed by atoms with van der Waals surface area (Å²) in [5, 5.41) is 10.1. The van der Waals surface area contributed by atoms with Gasteiger partial charge in [-0.15, -0.1) is 0 Å². The first-order chi connectivity index (χ1) is 16.8. The van der Waals surface area contributed by atoms with Crippen molar-refractivity contribution in [3.8, 4) is 5.69 Å². The number of carbonyl (C=O) groups is 1. The maximum atomic E-state index is 14.6. The van der Waals surface area contributed by atoms with E-state index >= 15 is 0 Å². The molecule has 9 nitrogen and oxygen atoms in total. The van der Waals surface area contributed by atoms with E-state index in [0.29, 0.717) is 27.7 Å². The Morgan fingerprint density at radius 3 is 2.66 bits per heavy atom. The number of hydrogen-bond donors (Lipinski definition) is 2. The molecule has 0 bridgehead atoms. The maximum Gasteiger partial charge on any atom is 0.277 e. The number of rotatable bonds is 5. The van der Waals surface area contributed by atoms with Crippen molar-refractivity contribution in [3.63, 3.8) is 0 Å². The smallest absolute Gasteiger partial charge is 0.277 e. The highest BCUT2D eigenvalue weighted by Gasteiger charge is 2.20. The highest BCUT2D eigenvalue weighted by molar-refractivity contribution is 7.99. The first-order valence-electron chi connectivity index (χ1n) is 10.5. The van der Waals surface area contributed by atoms with Crippen LogP contribution >= 0.6 is 11.8 Å². The molecular weight excluding hydrogens is 473 g/mol. The molecule has 2 N–H and O–H groups in total. The highest BCUT2D eigenvalue weighted by atomic mass is 32.2. The lowest BCUT2D eigenvalue weighted by Crippen LogP contribution is -2.23. The van der Waals surface area contributed by atoms with Crippen molar-refractivity contribution >= 4 is 45.2 Å². The third kappa shape index (κ3) is 3.99. The average molecular weight is 492 g/mol. The first-order valence-corrected chi connectivity index (χ1v) is 11.5. The van der Waals surface area contributed by atoms with Gasteiger partial charge in [0.2, 0.25) is 11.8 Å². The number of thioether (sulfide) groups is 1. The van der Waals surface area contributed by atoms with E-state index in [9.17, 15) is 18.8 Å². The SMILES string of the molecule is Cc1n[nH]c(=O)c2c(NC(=O)CSc3nc4ccccc4c(=O)n3-c3ccccc3F)oc(C)c12. The lowest BCUT2D eigenvalue weighted by atomic mass is 10.2. The minimum atomic E-state index is -0.598. The number of aromatic nitrogens is 4. The molecule has 1 amide bonds. The summed E-state index contributed by atoms with van der Waals surface area (Å²) in [6, 6.07) is 12.6. The predicted octanol–water partition coefficient (Wildman–Crippen LogP) is 3.70. The van der Waals surface area contributed by atoms with Crippen LogP contribution in [-0.4, -0.2) is 31.4 Å². The zero-order valence-corrected chi connectivity index (χ0v) is 19.4. The Hall–Kier alpha value is -4.25. The fourth-order valence-electron chi connectivity index (χ4n) is 3.88. The summed E-state index contributed by atoms with van der Waals surface area (Å²) in [7, 11) is 0. The van der Waals surface area contributed by atoms with Gasteiger partial charge in [-0.05, 0) is 38.1 Å². The number of hydrogen-bond acceptors (Lipinski definition) is 7. The van der Waals surface area contributed by atoms with Gasteiger partial charge in [0.15, 0.2) is 5.16 Å². The predicted molar refractivity (Wildman–Crippen MR) is 131 cm³/mol. The number of aryl methyl sites for hydroxylation is 2. The van der Waals surface area contributed by atoms with Crippen LogP contribution < -0.4 is 16.4 Å². The molecule has 0 aliphatic heterocycles. The molecule has 3 aromatic heterocycles. The molecule has 35 heavy (non-hydrogen) atoms. The number of para-hydroxylation sites is 2. The van der Waals surface area contributed by atoms with Crippen molar-refractivity contribution < 1.29 is 13.6 Å². The number of furan rings is 1.